The van der Waals surface area contributed by atoms with Crippen LogP contribution in [0, 0.1) is 10.1 Å². The third-order valence-electron chi connectivity index (χ3n) is 1.95. The highest BCUT2D eigenvalue weighted by atomic mass is 32.2. The molecule has 0 spiro atoms. The summed E-state index contributed by atoms with van der Waals surface area (Å²) in [4.78, 5) is 14.1. The Hall–Kier alpha value is -1.34. The number of aromatic nitrogens is 1. The molecule has 0 aliphatic rings. The number of hydrogen-bond donors (Lipinski definition) is 2. The Labute approximate surface area is 104 Å². The van der Waals surface area contributed by atoms with Gasteiger partial charge >= 0.3 is 0 Å². The van der Waals surface area contributed by atoms with E-state index in [9.17, 15) is 10.1 Å². The maximum Gasteiger partial charge on any atom is 0.274 e. The van der Waals surface area contributed by atoms with Crippen molar-refractivity contribution in [2.75, 3.05) is 30.0 Å². The van der Waals surface area contributed by atoms with E-state index in [0.717, 1.165) is 17.9 Å². The van der Waals surface area contributed by atoms with E-state index in [4.69, 9.17) is 5.11 Å². The lowest BCUT2D eigenvalue weighted by molar-refractivity contribution is -0.384. The van der Waals surface area contributed by atoms with E-state index >= 15 is 0 Å². The monoisotopic (exact) mass is 257 g/mol. The van der Waals surface area contributed by atoms with Crippen molar-refractivity contribution in [2.24, 2.45) is 0 Å². The van der Waals surface area contributed by atoms with Crippen LogP contribution in [0.4, 0.5) is 11.5 Å². The molecule has 0 unspecified atom stereocenters. The van der Waals surface area contributed by atoms with Crippen LogP contribution in [0.5, 0.6) is 0 Å². The average Bonchev–Trinajstić information content (AvgIpc) is 2.34. The maximum absolute atomic E-state index is 10.5. The van der Waals surface area contributed by atoms with Gasteiger partial charge in [0.1, 0.15) is 5.82 Å². The lowest BCUT2D eigenvalue weighted by Crippen LogP contribution is -2.06. The van der Waals surface area contributed by atoms with Crippen molar-refractivity contribution >= 4 is 23.3 Å². The Balaban J connectivity index is 2.27. The minimum absolute atomic E-state index is 0.0374. The van der Waals surface area contributed by atoms with Crippen LogP contribution in [0.1, 0.15) is 6.42 Å². The smallest absolute Gasteiger partial charge is 0.274 e. The summed E-state index contributed by atoms with van der Waals surface area (Å²) in [5.41, 5.74) is 0.0374. The number of anilines is 1. The van der Waals surface area contributed by atoms with Crippen molar-refractivity contribution in [3.63, 3.8) is 0 Å². The van der Waals surface area contributed by atoms with Crippen molar-refractivity contribution in [3.05, 3.63) is 28.4 Å². The highest BCUT2D eigenvalue weighted by molar-refractivity contribution is 7.99. The molecular weight excluding hydrogens is 242 g/mol. The SMILES string of the molecule is O=[N+]([O-])c1ccnc(NCCSCCCO)c1. The first-order valence-corrected chi connectivity index (χ1v) is 6.42. The largest absolute Gasteiger partial charge is 0.396 e. The molecule has 17 heavy (non-hydrogen) atoms. The number of hydrogen-bond acceptors (Lipinski definition) is 6. The van der Waals surface area contributed by atoms with E-state index in [1.54, 1.807) is 11.8 Å². The predicted octanol–water partition coefficient (Wildman–Crippen LogP) is 1.52. The molecule has 6 nitrogen and oxygen atoms in total. The molecule has 0 atom stereocenters. The molecule has 0 saturated heterocycles. The van der Waals surface area contributed by atoms with Crippen molar-refractivity contribution < 1.29 is 10.0 Å². The van der Waals surface area contributed by atoms with Gasteiger partial charge in [0.05, 0.1) is 11.0 Å². The topological polar surface area (TPSA) is 88.3 Å². The molecule has 1 heterocycles. The molecule has 0 aliphatic heterocycles. The Morgan fingerprint density at radius 2 is 2.35 bits per heavy atom. The highest BCUT2D eigenvalue weighted by Crippen LogP contribution is 2.14. The van der Waals surface area contributed by atoms with E-state index in [1.807, 2.05) is 0 Å². The van der Waals surface area contributed by atoms with Crippen LogP contribution in [0.15, 0.2) is 18.3 Å². The summed E-state index contributed by atoms with van der Waals surface area (Å²) in [7, 11) is 0. The minimum Gasteiger partial charge on any atom is -0.396 e. The van der Waals surface area contributed by atoms with Gasteiger partial charge in [-0.25, -0.2) is 4.98 Å². The average molecular weight is 257 g/mol. The number of pyridine rings is 1. The number of aliphatic hydroxyl groups excluding tert-OH is 1. The fourth-order valence-electron chi connectivity index (χ4n) is 1.15. The second-order valence-electron chi connectivity index (χ2n) is 3.27. The van der Waals surface area contributed by atoms with Gasteiger partial charge in [0, 0.05) is 31.2 Å². The fraction of sp³-hybridized carbons (Fsp3) is 0.500. The van der Waals surface area contributed by atoms with Crippen molar-refractivity contribution in [1.29, 1.82) is 0 Å². The third-order valence-corrected chi connectivity index (χ3v) is 3.02. The summed E-state index contributed by atoms with van der Waals surface area (Å²) in [5, 5.41) is 22.1. The Bertz CT molecular complexity index is 362. The second-order valence-corrected chi connectivity index (χ2v) is 4.50. The second kappa shape index (κ2) is 7.86. The van der Waals surface area contributed by atoms with Crippen molar-refractivity contribution in [3.8, 4) is 0 Å². The molecule has 94 valence electrons. The zero-order valence-electron chi connectivity index (χ0n) is 9.33. The Morgan fingerprint density at radius 1 is 1.53 bits per heavy atom. The first kappa shape index (κ1) is 13.7. The lowest BCUT2D eigenvalue weighted by Gasteiger charge is -2.04. The Morgan fingerprint density at radius 3 is 3.06 bits per heavy atom. The molecule has 1 aromatic rings. The molecule has 0 aromatic carbocycles. The summed E-state index contributed by atoms with van der Waals surface area (Å²) in [6.07, 6.45) is 2.21. The molecular formula is C10H15N3O3S. The van der Waals surface area contributed by atoms with Crippen LogP contribution in [0.3, 0.4) is 0 Å². The quantitative estimate of drug-likeness (QED) is 0.417. The molecule has 0 fully saturated rings. The lowest BCUT2D eigenvalue weighted by atomic mass is 10.4. The van der Waals surface area contributed by atoms with E-state index < -0.39 is 4.92 Å². The van der Waals surface area contributed by atoms with Crippen LogP contribution < -0.4 is 5.32 Å². The zero-order valence-corrected chi connectivity index (χ0v) is 10.2. The standard InChI is InChI=1S/C10H15N3O3S/c14-5-1-6-17-7-4-12-10-8-9(13(15)16)2-3-11-10/h2-3,8,14H,1,4-7H2,(H,11,12). The van der Waals surface area contributed by atoms with Gasteiger partial charge in [-0.3, -0.25) is 10.1 Å². The van der Waals surface area contributed by atoms with Gasteiger partial charge < -0.3 is 10.4 Å². The number of rotatable bonds is 8. The van der Waals surface area contributed by atoms with Crippen LogP contribution in [-0.4, -0.2) is 39.7 Å². The highest BCUT2D eigenvalue weighted by Gasteiger charge is 2.05. The summed E-state index contributed by atoms with van der Waals surface area (Å²) in [6, 6.07) is 2.78. The molecule has 0 saturated carbocycles. The molecule has 1 aromatic heterocycles. The molecule has 0 amide bonds. The van der Waals surface area contributed by atoms with Gasteiger partial charge in [-0.2, -0.15) is 11.8 Å². The van der Waals surface area contributed by atoms with Crippen molar-refractivity contribution in [2.45, 2.75) is 6.42 Å². The number of nitro groups is 1. The first-order valence-electron chi connectivity index (χ1n) is 5.27. The number of nitrogens with zero attached hydrogens (tertiary/aromatic N) is 2. The zero-order chi connectivity index (χ0) is 12.5. The fourth-order valence-corrected chi connectivity index (χ4v) is 1.93. The van der Waals surface area contributed by atoms with Crippen LogP contribution >= 0.6 is 11.8 Å². The van der Waals surface area contributed by atoms with Gasteiger partial charge in [-0.1, -0.05) is 0 Å². The number of nitrogens with one attached hydrogen (secondary N) is 1. The van der Waals surface area contributed by atoms with E-state index in [1.165, 1.54) is 18.3 Å². The summed E-state index contributed by atoms with van der Waals surface area (Å²) >= 11 is 1.72. The molecule has 0 bridgehead atoms. The summed E-state index contributed by atoms with van der Waals surface area (Å²) < 4.78 is 0. The minimum atomic E-state index is -0.442. The molecule has 7 heteroatoms. The number of thioether (sulfide) groups is 1. The van der Waals surface area contributed by atoms with E-state index in [0.29, 0.717) is 12.4 Å². The summed E-state index contributed by atoms with van der Waals surface area (Å²) in [5.74, 6) is 2.31. The Kier molecular flexibility index (Phi) is 6.34. The van der Waals surface area contributed by atoms with Crippen LogP contribution in [0.25, 0.3) is 0 Å². The first-order chi connectivity index (χ1) is 8.24. The van der Waals surface area contributed by atoms with Gasteiger partial charge in [0.15, 0.2) is 0 Å². The van der Waals surface area contributed by atoms with E-state index in [2.05, 4.69) is 10.3 Å². The molecule has 1 rings (SSSR count). The predicted molar refractivity (Wildman–Crippen MR) is 68.4 cm³/mol. The number of aliphatic hydroxyl groups is 1. The van der Waals surface area contributed by atoms with Gasteiger partial charge in [0.2, 0.25) is 0 Å². The van der Waals surface area contributed by atoms with Crippen LogP contribution in [0.2, 0.25) is 0 Å². The van der Waals surface area contributed by atoms with Gasteiger partial charge in [-0.15, -0.1) is 0 Å². The van der Waals surface area contributed by atoms with Gasteiger partial charge in [0.25, 0.3) is 5.69 Å². The van der Waals surface area contributed by atoms with E-state index in [-0.39, 0.29) is 12.3 Å². The maximum atomic E-state index is 10.5. The molecule has 0 aliphatic carbocycles. The van der Waals surface area contributed by atoms with Gasteiger partial charge in [-0.05, 0) is 12.2 Å². The van der Waals surface area contributed by atoms with Crippen molar-refractivity contribution in [1.82, 2.24) is 4.98 Å². The van der Waals surface area contributed by atoms with Crippen LogP contribution in [-0.2, 0) is 0 Å². The normalized spacial score (nSPS) is 10.2. The molecule has 2 N–H and O–H groups in total. The molecule has 0 radical (unpaired) electrons. The third kappa shape index (κ3) is 5.50. The summed E-state index contributed by atoms with van der Waals surface area (Å²) in [6.45, 7) is 0.914.